The molecule has 0 amide bonds. The second-order valence-electron chi connectivity index (χ2n) is 6.49. The molecular formula is C12H26O3Si. The van der Waals surface area contributed by atoms with Crippen LogP contribution in [0.2, 0.25) is 5.04 Å². The monoisotopic (exact) mass is 246 g/mol. The molecule has 0 aromatic rings. The first-order valence-electron chi connectivity index (χ1n) is 6.14. The number of ether oxygens (including phenoxy) is 1. The number of hydrogen-bond donors (Lipinski definition) is 1. The SMILES string of the molecule is CC(C)(C)[SiH2]OC(C)(C)C1CC(O)CCO1. The Morgan fingerprint density at radius 1 is 1.25 bits per heavy atom. The second-order valence-corrected chi connectivity index (χ2v) is 9.19. The maximum atomic E-state index is 9.65. The van der Waals surface area contributed by atoms with Crippen molar-refractivity contribution >= 4 is 9.76 Å². The van der Waals surface area contributed by atoms with Crippen LogP contribution in [0.5, 0.6) is 0 Å². The molecule has 2 unspecified atom stereocenters. The molecule has 0 radical (unpaired) electrons. The minimum atomic E-state index is -0.578. The van der Waals surface area contributed by atoms with Gasteiger partial charge in [0.2, 0.25) is 0 Å². The van der Waals surface area contributed by atoms with Gasteiger partial charge in [-0.3, -0.25) is 0 Å². The summed E-state index contributed by atoms with van der Waals surface area (Å²) >= 11 is 0. The molecule has 1 N–H and O–H groups in total. The largest absolute Gasteiger partial charge is 0.416 e. The van der Waals surface area contributed by atoms with Crippen LogP contribution in [0.25, 0.3) is 0 Å². The lowest BCUT2D eigenvalue weighted by atomic mass is 9.93. The fraction of sp³-hybridized carbons (Fsp3) is 1.00. The van der Waals surface area contributed by atoms with E-state index in [1.54, 1.807) is 0 Å². The van der Waals surface area contributed by atoms with Crippen molar-refractivity contribution in [1.29, 1.82) is 0 Å². The predicted molar refractivity (Wildman–Crippen MR) is 68.4 cm³/mol. The van der Waals surface area contributed by atoms with Crippen LogP contribution in [0.4, 0.5) is 0 Å². The summed E-state index contributed by atoms with van der Waals surface area (Å²) < 4.78 is 11.8. The number of aliphatic hydroxyl groups is 1. The van der Waals surface area contributed by atoms with Gasteiger partial charge in [0.25, 0.3) is 0 Å². The molecular weight excluding hydrogens is 220 g/mol. The van der Waals surface area contributed by atoms with Crippen molar-refractivity contribution in [3.05, 3.63) is 0 Å². The highest BCUT2D eigenvalue weighted by atomic mass is 28.2. The van der Waals surface area contributed by atoms with E-state index in [1.807, 2.05) is 0 Å². The topological polar surface area (TPSA) is 38.7 Å². The van der Waals surface area contributed by atoms with Crippen molar-refractivity contribution in [2.75, 3.05) is 6.61 Å². The Balaban J connectivity index is 2.48. The van der Waals surface area contributed by atoms with Crippen LogP contribution in [-0.4, -0.2) is 39.3 Å². The molecule has 0 saturated carbocycles. The highest BCUT2D eigenvalue weighted by Gasteiger charge is 2.36. The van der Waals surface area contributed by atoms with Crippen molar-refractivity contribution in [2.24, 2.45) is 0 Å². The summed E-state index contributed by atoms with van der Waals surface area (Å²) in [6.45, 7) is 11.4. The quantitative estimate of drug-likeness (QED) is 0.769. The van der Waals surface area contributed by atoms with Crippen molar-refractivity contribution in [2.45, 2.75) is 70.3 Å². The second kappa shape index (κ2) is 5.17. The first kappa shape index (κ1) is 14.2. The maximum absolute atomic E-state index is 9.65. The van der Waals surface area contributed by atoms with Crippen molar-refractivity contribution < 1.29 is 14.3 Å². The fourth-order valence-corrected chi connectivity index (χ4v) is 2.75. The Morgan fingerprint density at radius 2 is 1.88 bits per heavy atom. The molecule has 1 aliphatic rings. The van der Waals surface area contributed by atoms with Gasteiger partial charge in [-0.2, -0.15) is 0 Å². The zero-order valence-electron chi connectivity index (χ0n) is 11.2. The van der Waals surface area contributed by atoms with E-state index < -0.39 is 9.76 Å². The molecule has 0 aliphatic carbocycles. The first-order chi connectivity index (χ1) is 7.21. The summed E-state index contributed by atoms with van der Waals surface area (Å²) in [6, 6.07) is 0. The van der Waals surface area contributed by atoms with E-state index in [2.05, 4.69) is 34.6 Å². The lowest BCUT2D eigenvalue weighted by Crippen LogP contribution is -2.47. The van der Waals surface area contributed by atoms with Crippen LogP contribution in [-0.2, 0) is 9.16 Å². The molecule has 0 aromatic heterocycles. The molecule has 0 bridgehead atoms. The molecule has 1 aliphatic heterocycles. The van der Waals surface area contributed by atoms with Crippen LogP contribution < -0.4 is 0 Å². The van der Waals surface area contributed by atoms with Gasteiger partial charge < -0.3 is 14.3 Å². The van der Waals surface area contributed by atoms with E-state index in [9.17, 15) is 5.11 Å². The first-order valence-corrected chi connectivity index (χ1v) is 7.43. The third kappa shape index (κ3) is 4.53. The highest BCUT2D eigenvalue weighted by molar-refractivity contribution is 6.31. The van der Waals surface area contributed by atoms with Crippen molar-refractivity contribution in [3.8, 4) is 0 Å². The summed E-state index contributed by atoms with van der Waals surface area (Å²) in [7, 11) is -0.578. The zero-order chi connectivity index (χ0) is 12.4. The molecule has 2 atom stereocenters. The molecule has 1 heterocycles. The molecule has 96 valence electrons. The van der Waals surface area contributed by atoms with Crippen LogP contribution in [0.1, 0.15) is 47.5 Å². The molecule has 16 heavy (non-hydrogen) atoms. The Kier molecular flexibility index (Phi) is 4.57. The lowest BCUT2D eigenvalue weighted by Gasteiger charge is -2.40. The average Bonchev–Trinajstić information content (AvgIpc) is 2.14. The van der Waals surface area contributed by atoms with Crippen LogP contribution in [0, 0.1) is 0 Å². The normalized spacial score (nSPS) is 28.9. The summed E-state index contributed by atoms with van der Waals surface area (Å²) in [6.07, 6.45) is 1.26. The zero-order valence-corrected chi connectivity index (χ0v) is 12.7. The van der Waals surface area contributed by atoms with Crippen molar-refractivity contribution in [3.63, 3.8) is 0 Å². The van der Waals surface area contributed by atoms with Gasteiger partial charge in [0.1, 0.15) is 0 Å². The molecule has 1 saturated heterocycles. The van der Waals surface area contributed by atoms with Gasteiger partial charge in [-0.15, -0.1) is 0 Å². The minimum absolute atomic E-state index is 0.0334. The van der Waals surface area contributed by atoms with Gasteiger partial charge >= 0.3 is 0 Å². The molecule has 0 aromatic carbocycles. The summed E-state index contributed by atoms with van der Waals surface area (Å²) in [4.78, 5) is 0. The summed E-state index contributed by atoms with van der Waals surface area (Å²) in [5, 5.41) is 9.94. The van der Waals surface area contributed by atoms with E-state index in [-0.39, 0.29) is 17.8 Å². The Bertz CT molecular complexity index is 223. The van der Waals surface area contributed by atoms with Gasteiger partial charge in [0.15, 0.2) is 9.76 Å². The van der Waals surface area contributed by atoms with E-state index in [0.29, 0.717) is 18.1 Å². The third-order valence-electron chi connectivity index (χ3n) is 2.91. The number of hydrogen-bond acceptors (Lipinski definition) is 3. The van der Waals surface area contributed by atoms with E-state index in [0.717, 1.165) is 6.42 Å². The number of aliphatic hydroxyl groups excluding tert-OH is 1. The van der Waals surface area contributed by atoms with Gasteiger partial charge in [0.05, 0.1) is 17.8 Å². The average molecular weight is 246 g/mol. The molecule has 1 rings (SSSR count). The standard InChI is InChI=1S/C12H26O3Si/c1-11(2,3)16-15-12(4,5)10-8-9(13)6-7-14-10/h9-10,13H,6-8,16H2,1-5H3. The highest BCUT2D eigenvalue weighted by Crippen LogP contribution is 2.29. The van der Waals surface area contributed by atoms with Crippen LogP contribution >= 0.6 is 0 Å². The Labute approximate surface area is 101 Å². The van der Waals surface area contributed by atoms with E-state index in [1.165, 1.54) is 0 Å². The van der Waals surface area contributed by atoms with Gasteiger partial charge in [-0.25, -0.2) is 0 Å². The van der Waals surface area contributed by atoms with E-state index >= 15 is 0 Å². The van der Waals surface area contributed by atoms with Gasteiger partial charge in [-0.1, -0.05) is 20.8 Å². The number of rotatable bonds is 3. The molecule has 0 spiro atoms. The molecule has 4 heteroatoms. The fourth-order valence-electron chi connectivity index (χ4n) is 1.76. The molecule has 3 nitrogen and oxygen atoms in total. The minimum Gasteiger partial charge on any atom is -0.416 e. The van der Waals surface area contributed by atoms with Crippen molar-refractivity contribution in [1.82, 2.24) is 0 Å². The predicted octanol–water partition coefficient (Wildman–Crippen LogP) is 1.62. The van der Waals surface area contributed by atoms with Crippen LogP contribution in [0.15, 0.2) is 0 Å². The smallest absolute Gasteiger partial charge is 0.167 e. The summed E-state index contributed by atoms with van der Waals surface area (Å²) in [5.74, 6) is 0. The van der Waals surface area contributed by atoms with Crippen LogP contribution in [0.3, 0.4) is 0 Å². The Morgan fingerprint density at radius 3 is 2.38 bits per heavy atom. The molecule has 1 fully saturated rings. The summed E-state index contributed by atoms with van der Waals surface area (Å²) in [5.41, 5.74) is -0.263. The van der Waals surface area contributed by atoms with Gasteiger partial charge in [-0.05, 0) is 25.3 Å². The third-order valence-corrected chi connectivity index (χ3v) is 4.66. The Hall–Kier alpha value is 0.0969. The lowest BCUT2D eigenvalue weighted by molar-refractivity contribution is -0.123. The maximum Gasteiger partial charge on any atom is 0.167 e. The van der Waals surface area contributed by atoms with E-state index in [4.69, 9.17) is 9.16 Å². The van der Waals surface area contributed by atoms with Gasteiger partial charge in [0, 0.05) is 13.0 Å².